The topological polar surface area (TPSA) is 81.9 Å². The van der Waals surface area contributed by atoms with Crippen molar-refractivity contribution < 1.29 is 4.79 Å². The van der Waals surface area contributed by atoms with E-state index in [-0.39, 0.29) is 6.04 Å². The van der Waals surface area contributed by atoms with Crippen molar-refractivity contribution in [1.82, 2.24) is 15.5 Å². The molecule has 1 aliphatic heterocycles. The van der Waals surface area contributed by atoms with Gasteiger partial charge in [0.15, 0.2) is 11.5 Å². The molecule has 1 saturated heterocycles. The first kappa shape index (κ1) is 21.4. The molecule has 0 atom stereocenters. The number of benzene rings is 1. The number of nitriles is 1. The summed E-state index contributed by atoms with van der Waals surface area (Å²) in [5.74, 6) is 1.44. The second kappa shape index (κ2) is 11.0. The van der Waals surface area contributed by atoms with Gasteiger partial charge in [0.2, 0.25) is 6.41 Å². The van der Waals surface area contributed by atoms with Gasteiger partial charge in [0, 0.05) is 19.1 Å². The number of hydrogen-bond donors (Lipinski definition) is 1. The number of rotatable bonds is 5. The number of nitrogens with zero attached hydrogens (tertiary/aromatic N) is 4. The lowest BCUT2D eigenvalue weighted by Gasteiger charge is -2.32. The highest BCUT2D eigenvalue weighted by atomic mass is 16.1. The van der Waals surface area contributed by atoms with Crippen molar-refractivity contribution in [2.45, 2.75) is 52.0 Å². The van der Waals surface area contributed by atoms with Crippen LogP contribution >= 0.6 is 0 Å². The van der Waals surface area contributed by atoms with Crippen LogP contribution in [0.4, 0.5) is 5.82 Å². The molecular formula is C22H29N5O. The maximum Gasteiger partial charge on any atom is 0.207 e. The van der Waals surface area contributed by atoms with E-state index in [0.717, 1.165) is 44.6 Å². The Balaban J connectivity index is 0.000000221. The predicted molar refractivity (Wildman–Crippen MR) is 111 cm³/mol. The van der Waals surface area contributed by atoms with Gasteiger partial charge in [-0.1, -0.05) is 45.0 Å². The zero-order valence-electron chi connectivity index (χ0n) is 16.9. The van der Waals surface area contributed by atoms with E-state index in [1.807, 2.05) is 6.07 Å². The van der Waals surface area contributed by atoms with E-state index >= 15 is 0 Å². The summed E-state index contributed by atoms with van der Waals surface area (Å²) >= 11 is 0. The Morgan fingerprint density at radius 1 is 1.18 bits per heavy atom. The Labute approximate surface area is 167 Å². The number of hydrogen-bond acceptors (Lipinski definition) is 5. The number of nitrogens with one attached hydrogen (secondary N) is 1. The minimum absolute atomic E-state index is 0.259. The summed E-state index contributed by atoms with van der Waals surface area (Å²) in [7, 11) is 0. The number of aryl methyl sites for hydroxylation is 1. The third-order valence-corrected chi connectivity index (χ3v) is 4.94. The average Bonchev–Trinajstić information content (AvgIpc) is 2.75. The van der Waals surface area contributed by atoms with Crippen molar-refractivity contribution in [3.8, 4) is 6.07 Å². The molecular weight excluding hydrogens is 350 g/mol. The Hall–Kier alpha value is -2.94. The molecule has 0 bridgehead atoms. The monoisotopic (exact) mass is 379 g/mol. The van der Waals surface area contributed by atoms with Crippen LogP contribution in [0, 0.1) is 11.3 Å². The highest BCUT2D eigenvalue weighted by Crippen LogP contribution is 2.17. The molecule has 1 aromatic carbocycles. The predicted octanol–water partition coefficient (Wildman–Crippen LogP) is 3.44. The molecule has 1 amide bonds. The van der Waals surface area contributed by atoms with Crippen LogP contribution < -0.4 is 10.2 Å². The standard InChI is InChI=1S/C11H13N5O.C11H16/c12-7-10-1-2-11(15-14-10)16-5-3-9(4-6-16)13-8-17;1-4-10-5-7-11(8-6-10)9(2)3/h1-2,8-9H,3-6H2,(H,13,17);5-9H,4H2,1-3H3. The molecule has 1 fully saturated rings. The third-order valence-electron chi connectivity index (χ3n) is 4.94. The fraction of sp³-hybridized carbons (Fsp3) is 0.455. The van der Waals surface area contributed by atoms with Crippen LogP contribution in [0.5, 0.6) is 0 Å². The Morgan fingerprint density at radius 3 is 2.32 bits per heavy atom. The summed E-state index contributed by atoms with van der Waals surface area (Å²) in [5.41, 5.74) is 3.18. The number of anilines is 1. The van der Waals surface area contributed by atoms with Gasteiger partial charge in [0.05, 0.1) is 0 Å². The van der Waals surface area contributed by atoms with E-state index in [1.165, 1.54) is 11.1 Å². The van der Waals surface area contributed by atoms with Gasteiger partial charge in [-0.2, -0.15) is 5.26 Å². The van der Waals surface area contributed by atoms with Crippen molar-refractivity contribution in [1.29, 1.82) is 5.26 Å². The van der Waals surface area contributed by atoms with Crippen molar-refractivity contribution in [3.63, 3.8) is 0 Å². The minimum Gasteiger partial charge on any atom is -0.356 e. The van der Waals surface area contributed by atoms with Gasteiger partial charge in [-0.15, -0.1) is 10.2 Å². The molecule has 148 valence electrons. The molecule has 1 aromatic heterocycles. The highest BCUT2D eigenvalue weighted by Gasteiger charge is 2.19. The molecule has 2 heterocycles. The number of carbonyl (C=O) groups is 1. The first-order valence-electron chi connectivity index (χ1n) is 9.84. The summed E-state index contributed by atoms with van der Waals surface area (Å²) in [4.78, 5) is 12.4. The van der Waals surface area contributed by atoms with Crippen LogP contribution in [0.3, 0.4) is 0 Å². The van der Waals surface area contributed by atoms with E-state index in [0.29, 0.717) is 11.6 Å². The second-order valence-electron chi connectivity index (χ2n) is 7.18. The summed E-state index contributed by atoms with van der Waals surface area (Å²) in [6.45, 7) is 8.31. The molecule has 3 rings (SSSR count). The zero-order chi connectivity index (χ0) is 20.4. The molecule has 28 heavy (non-hydrogen) atoms. The minimum atomic E-state index is 0.259. The normalized spacial score (nSPS) is 14.0. The van der Waals surface area contributed by atoms with E-state index < -0.39 is 0 Å². The van der Waals surface area contributed by atoms with Crippen LogP contribution in [0.2, 0.25) is 0 Å². The number of amides is 1. The summed E-state index contributed by atoms with van der Waals surface area (Å²) in [5, 5.41) is 19.2. The van der Waals surface area contributed by atoms with Crippen LogP contribution in [-0.2, 0) is 11.2 Å². The summed E-state index contributed by atoms with van der Waals surface area (Å²) in [6.07, 6.45) is 3.70. The fourth-order valence-electron chi connectivity index (χ4n) is 3.06. The van der Waals surface area contributed by atoms with Crippen LogP contribution in [0.15, 0.2) is 36.4 Å². The van der Waals surface area contributed by atoms with Crippen molar-refractivity contribution in [2.24, 2.45) is 0 Å². The fourth-order valence-corrected chi connectivity index (χ4v) is 3.06. The molecule has 6 heteroatoms. The molecule has 6 nitrogen and oxygen atoms in total. The smallest absolute Gasteiger partial charge is 0.207 e. The quantitative estimate of drug-likeness (QED) is 0.805. The average molecular weight is 380 g/mol. The van der Waals surface area contributed by atoms with E-state index in [2.05, 4.69) is 65.5 Å². The Morgan fingerprint density at radius 2 is 1.86 bits per heavy atom. The molecule has 1 N–H and O–H groups in total. The number of aromatic nitrogens is 2. The lowest BCUT2D eigenvalue weighted by Crippen LogP contribution is -2.42. The lowest BCUT2D eigenvalue weighted by molar-refractivity contribution is -0.110. The van der Waals surface area contributed by atoms with E-state index in [4.69, 9.17) is 5.26 Å². The van der Waals surface area contributed by atoms with Gasteiger partial charge < -0.3 is 10.2 Å². The van der Waals surface area contributed by atoms with Gasteiger partial charge in [-0.25, -0.2) is 0 Å². The molecule has 0 spiro atoms. The van der Waals surface area contributed by atoms with Gasteiger partial charge >= 0.3 is 0 Å². The van der Waals surface area contributed by atoms with Gasteiger partial charge in [-0.05, 0) is 48.4 Å². The molecule has 1 aliphatic rings. The molecule has 2 aromatic rings. The maximum atomic E-state index is 10.3. The van der Waals surface area contributed by atoms with E-state index in [9.17, 15) is 4.79 Å². The largest absolute Gasteiger partial charge is 0.356 e. The number of piperidine rings is 1. The van der Waals surface area contributed by atoms with Crippen molar-refractivity contribution in [3.05, 3.63) is 53.2 Å². The SMILES string of the molecule is CCc1ccc(C(C)C)cc1.N#Cc1ccc(N2CCC(NC=O)CC2)nn1. The van der Waals surface area contributed by atoms with Gasteiger partial charge in [-0.3, -0.25) is 4.79 Å². The summed E-state index contributed by atoms with van der Waals surface area (Å²) < 4.78 is 0. The highest BCUT2D eigenvalue weighted by molar-refractivity contribution is 5.47. The molecule has 0 aliphatic carbocycles. The molecule has 0 saturated carbocycles. The van der Waals surface area contributed by atoms with Gasteiger partial charge in [0.1, 0.15) is 6.07 Å². The zero-order valence-corrected chi connectivity index (χ0v) is 16.9. The third kappa shape index (κ3) is 6.34. The van der Waals surface area contributed by atoms with Gasteiger partial charge in [0.25, 0.3) is 0 Å². The van der Waals surface area contributed by atoms with E-state index in [1.54, 1.807) is 12.1 Å². The Bertz CT molecular complexity index is 757. The molecule has 0 radical (unpaired) electrons. The lowest BCUT2D eigenvalue weighted by atomic mass is 10.0. The summed E-state index contributed by atoms with van der Waals surface area (Å²) in [6, 6.07) is 14.6. The van der Waals surface area contributed by atoms with Crippen LogP contribution in [0.1, 0.15) is 56.4 Å². The maximum absolute atomic E-state index is 10.3. The molecule has 0 unspecified atom stereocenters. The second-order valence-corrected chi connectivity index (χ2v) is 7.18. The van der Waals surface area contributed by atoms with Crippen molar-refractivity contribution >= 4 is 12.2 Å². The number of carbonyl (C=O) groups excluding carboxylic acids is 1. The first-order valence-corrected chi connectivity index (χ1v) is 9.84. The van der Waals surface area contributed by atoms with Crippen molar-refractivity contribution in [2.75, 3.05) is 18.0 Å². The Kier molecular flexibility index (Phi) is 8.41. The van der Waals surface area contributed by atoms with Crippen LogP contribution in [-0.4, -0.2) is 35.7 Å². The first-order chi connectivity index (χ1) is 13.6. The van der Waals surface area contributed by atoms with Crippen LogP contribution in [0.25, 0.3) is 0 Å².